The number of rotatable bonds is 7. The van der Waals surface area contributed by atoms with Gasteiger partial charge in [0.2, 0.25) is 5.91 Å². The lowest BCUT2D eigenvalue weighted by Gasteiger charge is -2.25. The van der Waals surface area contributed by atoms with Gasteiger partial charge in [0.25, 0.3) is 0 Å². The fourth-order valence-electron chi connectivity index (χ4n) is 2.90. The predicted octanol–water partition coefficient (Wildman–Crippen LogP) is 4.52. The number of nitriles is 1. The van der Waals surface area contributed by atoms with Crippen LogP contribution in [-0.2, 0) is 11.4 Å². The lowest BCUT2D eigenvalue weighted by atomic mass is 9.87. The maximum atomic E-state index is 12.1. The largest absolute Gasteiger partial charge is 0.489 e. The number of carbonyl (C=O) groups is 1. The van der Waals surface area contributed by atoms with Gasteiger partial charge < -0.3 is 10.1 Å². The molecule has 0 saturated heterocycles. The summed E-state index contributed by atoms with van der Waals surface area (Å²) in [6, 6.07) is 19.9. The minimum Gasteiger partial charge on any atom is -0.489 e. The molecule has 136 valence electrons. The van der Waals surface area contributed by atoms with Crippen LogP contribution in [0.15, 0.2) is 77.9 Å². The van der Waals surface area contributed by atoms with E-state index in [0.717, 1.165) is 16.9 Å². The Morgan fingerprint density at radius 2 is 1.96 bits per heavy atom. The van der Waals surface area contributed by atoms with Crippen molar-refractivity contribution in [3.8, 4) is 11.8 Å². The van der Waals surface area contributed by atoms with Gasteiger partial charge in [-0.2, -0.15) is 5.26 Å². The van der Waals surface area contributed by atoms with Crippen LogP contribution in [0.3, 0.4) is 0 Å². The fraction of sp³-hybridized carbons (Fsp3) is 0.182. The Morgan fingerprint density at radius 1 is 1.22 bits per heavy atom. The molecule has 0 saturated carbocycles. The van der Waals surface area contributed by atoms with E-state index in [1.165, 1.54) is 11.8 Å². The van der Waals surface area contributed by atoms with Crippen LogP contribution in [0.4, 0.5) is 0 Å². The molecule has 0 bridgehead atoms. The SMILES string of the molecule is C=CCSC1=C(C#N)[C@@H](c2ccc(OCc3ccccc3)cc2)CC(=O)N1. The number of amides is 1. The van der Waals surface area contributed by atoms with E-state index in [0.29, 0.717) is 23.0 Å². The number of ether oxygens (including phenoxy) is 1. The number of nitrogens with zero attached hydrogens (tertiary/aromatic N) is 1. The normalized spacial score (nSPS) is 16.4. The number of benzene rings is 2. The summed E-state index contributed by atoms with van der Waals surface area (Å²) < 4.78 is 5.81. The molecule has 1 aliphatic rings. The molecule has 0 aliphatic carbocycles. The van der Waals surface area contributed by atoms with E-state index in [2.05, 4.69) is 18.0 Å². The van der Waals surface area contributed by atoms with Crippen LogP contribution >= 0.6 is 11.8 Å². The zero-order chi connectivity index (χ0) is 19.1. The molecular weight excluding hydrogens is 356 g/mol. The van der Waals surface area contributed by atoms with Crippen molar-refractivity contribution in [1.82, 2.24) is 5.32 Å². The van der Waals surface area contributed by atoms with Crippen molar-refractivity contribution in [2.75, 3.05) is 5.75 Å². The van der Waals surface area contributed by atoms with Gasteiger partial charge in [-0.05, 0) is 23.3 Å². The van der Waals surface area contributed by atoms with Crippen molar-refractivity contribution in [3.63, 3.8) is 0 Å². The first-order valence-electron chi connectivity index (χ1n) is 8.65. The van der Waals surface area contributed by atoms with Gasteiger partial charge in [0.1, 0.15) is 12.4 Å². The summed E-state index contributed by atoms with van der Waals surface area (Å²) in [6.45, 7) is 4.19. The number of nitrogens with one attached hydrogen (secondary N) is 1. The van der Waals surface area contributed by atoms with E-state index in [1.807, 2.05) is 54.6 Å². The van der Waals surface area contributed by atoms with Gasteiger partial charge in [-0.15, -0.1) is 18.3 Å². The minimum atomic E-state index is -0.237. The van der Waals surface area contributed by atoms with Gasteiger partial charge in [0, 0.05) is 18.1 Å². The maximum absolute atomic E-state index is 12.1. The molecule has 0 fully saturated rings. The van der Waals surface area contributed by atoms with Crippen LogP contribution in [0.25, 0.3) is 0 Å². The summed E-state index contributed by atoms with van der Waals surface area (Å²) in [7, 11) is 0. The molecule has 1 atom stereocenters. The summed E-state index contributed by atoms with van der Waals surface area (Å²) in [4.78, 5) is 12.1. The average Bonchev–Trinajstić information content (AvgIpc) is 2.71. The first kappa shape index (κ1) is 18.8. The molecule has 1 N–H and O–H groups in total. The smallest absolute Gasteiger partial charge is 0.225 e. The Bertz CT molecular complexity index is 883. The van der Waals surface area contributed by atoms with Crippen LogP contribution < -0.4 is 10.1 Å². The lowest BCUT2D eigenvalue weighted by molar-refractivity contribution is -0.120. The highest BCUT2D eigenvalue weighted by Crippen LogP contribution is 2.36. The van der Waals surface area contributed by atoms with E-state index in [-0.39, 0.29) is 18.2 Å². The third kappa shape index (κ3) is 4.81. The predicted molar refractivity (Wildman–Crippen MR) is 108 cm³/mol. The third-order valence-electron chi connectivity index (χ3n) is 4.23. The number of allylic oxidation sites excluding steroid dienone is 1. The van der Waals surface area contributed by atoms with Gasteiger partial charge in [0.15, 0.2) is 0 Å². The van der Waals surface area contributed by atoms with Gasteiger partial charge >= 0.3 is 0 Å². The van der Waals surface area contributed by atoms with E-state index in [4.69, 9.17) is 4.74 Å². The van der Waals surface area contributed by atoms with E-state index < -0.39 is 0 Å². The Kier molecular flexibility index (Phi) is 6.35. The van der Waals surface area contributed by atoms with Gasteiger partial charge in [-0.1, -0.05) is 48.5 Å². The van der Waals surface area contributed by atoms with Crippen molar-refractivity contribution in [2.24, 2.45) is 0 Å². The minimum absolute atomic E-state index is 0.0741. The molecule has 3 rings (SSSR count). The van der Waals surface area contributed by atoms with Crippen molar-refractivity contribution >= 4 is 17.7 Å². The zero-order valence-corrected chi connectivity index (χ0v) is 15.7. The first-order chi connectivity index (χ1) is 13.2. The highest BCUT2D eigenvalue weighted by Gasteiger charge is 2.29. The van der Waals surface area contributed by atoms with Gasteiger partial charge in [0.05, 0.1) is 16.7 Å². The molecule has 0 aromatic heterocycles. The van der Waals surface area contributed by atoms with Crippen molar-refractivity contribution in [3.05, 3.63) is 89.0 Å². The van der Waals surface area contributed by atoms with Crippen LogP contribution in [0.1, 0.15) is 23.5 Å². The molecular formula is C22H20N2O2S. The summed E-state index contributed by atoms with van der Waals surface area (Å²) in [5.74, 6) is 1.08. The summed E-state index contributed by atoms with van der Waals surface area (Å²) in [5, 5.41) is 13.1. The third-order valence-corrected chi connectivity index (χ3v) is 5.25. The molecule has 1 aliphatic heterocycles. The Morgan fingerprint density at radius 3 is 2.63 bits per heavy atom. The zero-order valence-electron chi connectivity index (χ0n) is 14.9. The van der Waals surface area contributed by atoms with Crippen molar-refractivity contribution < 1.29 is 9.53 Å². The van der Waals surface area contributed by atoms with E-state index in [9.17, 15) is 10.1 Å². The van der Waals surface area contributed by atoms with Crippen LogP contribution in [-0.4, -0.2) is 11.7 Å². The molecule has 1 heterocycles. The lowest BCUT2D eigenvalue weighted by Crippen LogP contribution is -2.30. The average molecular weight is 376 g/mol. The number of thioether (sulfide) groups is 1. The second-order valence-electron chi connectivity index (χ2n) is 6.10. The molecule has 0 spiro atoms. The molecule has 1 amide bonds. The highest BCUT2D eigenvalue weighted by molar-refractivity contribution is 8.03. The summed E-state index contributed by atoms with van der Waals surface area (Å²) >= 11 is 1.42. The van der Waals surface area contributed by atoms with Crippen molar-refractivity contribution in [1.29, 1.82) is 5.26 Å². The first-order valence-corrected chi connectivity index (χ1v) is 9.64. The molecule has 4 nitrogen and oxygen atoms in total. The summed E-state index contributed by atoms with van der Waals surface area (Å²) in [5.41, 5.74) is 2.63. The molecule has 5 heteroatoms. The topological polar surface area (TPSA) is 62.1 Å². The van der Waals surface area contributed by atoms with E-state index in [1.54, 1.807) is 6.08 Å². The van der Waals surface area contributed by atoms with Crippen molar-refractivity contribution in [2.45, 2.75) is 18.9 Å². The second kappa shape index (κ2) is 9.11. The number of hydrogen-bond acceptors (Lipinski definition) is 4. The Hall–Kier alpha value is -2.97. The highest BCUT2D eigenvalue weighted by atomic mass is 32.2. The maximum Gasteiger partial charge on any atom is 0.225 e. The van der Waals surface area contributed by atoms with E-state index >= 15 is 0 Å². The van der Waals surface area contributed by atoms with Crippen LogP contribution in [0.5, 0.6) is 5.75 Å². The Labute approximate surface area is 163 Å². The monoisotopic (exact) mass is 376 g/mol. The van der Waals surface area contributed by atoms with Crippen LogP contribution in [0, 0.1) is 11.3 Å². The standard InChI is InChI=1S/C22H20N2O2S/c1-2-12-27-22-20(14-23)19(13-21(25)24-22)17-8-10-18(11-9-17)26-15-16-6-4-3-5-7-16/h2-11,19H,1,12-13,15H2,(H,24,25)/t19-/m1/s1. The van der Waals surface area contributed by atoms with Gasteiger partial charge in [-0.25, -0.2) is 0 Å². The number of hydrogen-bond donors (Lipinski definition) is 1. The fourth-order valence-corrected chi connectivity index (χ4v) is 3.71. The molecule has 0 radical (unpaired) electrons. The second-order valence-corrected chi connectivity index (χ2v) is 7.13. The molecule has 27 heavy (non-hydrogen) atoms. The molecule has 2 aromatic carbocycles. The summed E-state index contributed by atoms with van der Waals surface area (Å²) in [6.07, 6.45) is 2.02. The number of carbonyl (C=O) groups excluding carboxylic acids is 1. The molecule has 0 unspecified atom stereocenters. The molecule has 2 aromatic rings. The quantitative estimate of drug-likeness (QED) is 0.722. The Balaban J connectivity index is 1.75. The van der Waals surface area contributed by atoms with Gasteiger partial charge in [-0.3, -0.25) is 4.79 Å². The van der Waals surface area contributed by atoms with Crippen LogP contribution in [0.2, 0.25) is 0 Å².